The van der Waals surface area contributed by atoms with Crippen LogP contribution in [0, 0.1) is 11.3 Å². The van der Waals surface area contributed by atoms with Crippen LogP contribution in [0.25, 0.3) is 0 Å². The lowest BCUT2D eigenvalue weighted by Crippen LogP contribution is -3.28. The van der Waals surface area contributed by atoms with E-state index < -0.39 is 0 Å². The van der Waals surface area contributed by atoms with Crippen molar-refractivity contribution in [1.29, 1.82) is 5.26 Å². The minimum absolute atomic E-state index is 0.0210. The van der Waals surface area contributed by atoms with Gasteiger partial charge in [-0.25, -0.2) is 0 Å². The topological polar surface area (TPSA) is 61.8 Å². The number of nitrogens with one attached hydrogen (secondary N) is 3. The Bertz CT molecular complexity index is 795. The number of carbonyl (C=O) groups excluding carboxylic acids is 1. The van der Waals surface area contributed by atoms with Gasteiger partial charge in [-0.15, -0.1) is 0 Å². The lowest BCUT2D eigenvalue weighted by atomic mass is 10.2. The summed E-state index contributed by atoms with van der Waals surface area (Å²) in [6.45, 7) is 5.62. The predicted octanol–water partition coefficient (Wildman–Crippen LogP) is 0.134. The Balaban J connectivity index is 1.45. The second kappa shape index (κ2) is 8.81. The van der Waals surface area contributed by atoms with Crippen molar-refractivity contribution >= 4 is 23.2 Å². The van der Waals surface area contributed by atoms with Gasteiger partial charge in [-0.1, -0.05) is 41.9 Å². The van der Waals surface area contributed by atoms with Gasteiger partial charge in [0.2, 0.25) is 0 Å². The number of benzene rings is 2. The van der Waals surface area contributed by atoms with Crippen molar-refractivity contribution in [1.82, 2.24) is 0 Å². The van der Waals surface area contributed by atoms with Crippen molar-refractivity contribution in [2.75, 3.05) is 38.0 Å². The van der Waals surface area contributed by atoms with Crippen LogP contribution in [0.15, 0.2) is 48.5 Å². The average molecular weight is 371 g/mol. The molecule has 1 saturated heterocycles. The molecule has 0 spiro atoms. The largest absolute Gasteiger partial charge is 0.322 e. The highest BCUT2D eigenvalue weighted by Gasteiger charge is 2.24. The van der Waals surface area contributed by atoms with Crippen molar-refractivity contribution in [2.45, 2.75) is 6.54 Å². The van der Waals surface area contributed by atoms with Gasteiger partial charge < -0.3 is 15.1 Å². The SMILES string of the molecule is N#Cc1ccc(NC(=O)C[NH+]2CC[NH+](Cc3ccccc3)CC2)cc1Cl. The zero-order chi connectivity index (χ0) is 18.4. The zero-order valence-corrected chi connectivity index (χ0v) is 15.4. The van der Waals surface area contributed by atoms with Crippen molar-refractivity contribution in [3.05, 3.63) is 64.7 Å². The van der Waals surface area contributed by atoms with Crippen molar-refractivity contribution < 1.29 is 14.6 Å². The molecule has 0 radical (unpaired) electrons. The molecular weight excluding hydrogens is 348 g/mol. The first-order valence-electron chi connectivity index (χ1n) is 8.84. The summed E-state index contributed by atoms with van der Waals surface area (Å²) in [4.78, 5) is 15.1. The summed E-state index contributed by atoms with van der Waals surface area (Å²) in [5, 5.41) is 12.1. The molecular formula is C20H23ClN4O+2. The second-order valence-corrected chi connectivity index (χ2v) is 7.10. The van der Waals surface area contributed by atoms with Gasteiger partial charge in [0.25, 0.3) is 5.91 Å². The molecule has 1 aliphatic heterocycles. The first-order valence-corrected chi connectivity index (χ1v) is 9.22. The van der Waals surface area contributed by atoms with Gasteiger partial charge in [-0.3, -0.25) is 4.79 Å². The first-order chi connectivity index (χ1) is 12.6. The average Bonchev–Trinajstić information content (AvgIpc) is 2.64. The molecule has 2 aromatic carbocycles. The van der Waals surface area contributed by atoms with E-state index in [1.165, 1.54) is 10.5 Å². The molecule has 6 heteroatoms. The minimum Gasteiger partial charge on any atom is -0.322 e. The van der Waals surface area contributed by atoms with Crippen LogP contribution in [-0.2, 0) is 11.3 Å². The Morgan fingerprint density at radius 2 is 1.77 bits per heavy atom. The van der Waals surface area contributed by atoms with Gasteiger partial charge in [0.1, 0.15) is 38.8 Å². The van der Waals surface area contributed by atoms with Crippen molar-refractivity contribution in [3.8, 4) is 6.07 Å². The summed E-state index contributed by atoms with van der Waals surface area (Å²) >= 11 is 6.01. The standard InChI is InChI=1S/C20H21ClN4O/c21-19-12-18(7-6-17(19)13-22)23-20(26)15-25-10-8-24(9-11-25)14-16-4-2-1-3-5-16/h1-7,12H,8-11,14-15H2,(H,23,26)/p+2. The van der Waals surface area contributed by atoms with Gasteiger partial charge in [0.15, 0.2) is 6.54 Å². The fourth-order valence-electron chi connectivity index (χ4n) is 3.31. The smallest absolute Gasteiger partial charge is 0.279 e. The molecule has 0 aliphatic carbocycles. The van der Waals surface area contributed by atoms with Gasteiger partial charge in [0, 0.05) is 11.3 Å². The fraction of sp³-hybridized carbons (Fsp3) is 0.300. The number of halogens is 1. The maximum Gasteiger partial charge on any atom is 0.279 e. The molecule has 5 nitrogen and oxygen atoms in total. The number of anilines is 1. The molecule has 134 valence electrons. The van der Waals surface area contributed by atoms with E-state index in [0.29, 0.717) is 22.8 Å². The van der Waals surface area contributed by atoms with Gasteiger partial charge in [-0.2, -0.15) is 5.26 Å². The van der Waals surface area contributed by atoms with E-state index in [0.717, 1.165) is 32.7 Å². The third-order valence-corrected chi connectivity index (χ3v) is 5.06. The number of piperazine rings is 1. The van der Waals surface area contributed by atoms with Gasteiger partial charge >= 0.3 is 0 Å². The first kappa shape index (κ1) is 18.4. The Hall–Kier alpha value is -2.39. The van der Waals surface area contributed by atoms with Crippen LogP contribution >= 0.6 is 11.6 Å². The van der Waals surface area contributed by atoms with Crippen molar-refractivity contribution in [3.63, 3.8) is 0 Å². The van der Waals surface area contributed by atoms with Crippen LogP contribution in [0.3, 0.4) is 0 Å². The Morgan fingerprint density at radius 3 is 2.42 bits per heavy atom. The normalized spacial score (nSPS) is 19.5. The maximum atomic E-state index is 12.3. The third-order valence-electron chi connectivity index (χ3n) is 4.75. The molecule has 0 saturated carbocycles. The Labute approximate surface area is 158 Å². The fourth-order valence-corrected chi connectivity index (χ4v) is 3.53. The lowest BCUT2D eigenvalue weighted by Gasteiger charge is -2.29. The number of nitriles is 1. The quantitative estimate of drug-likeness (QED) is 0.701. The highest BCUT2D eigenvalue weighted by Crippen LogP contribution is 2.19. The van der Waals surface area contributed by atoms with Crippen molar-refractivity contribution in [2.24, 2.45) is 0 Å². The highest BCUT2D eigenvalue weighted by atomic mass is 35.5. The molecule has 1 heterocycles. The molecule has 3 rings (SSSR count). The number of hydrogen-bond acceptors (Lipinski definition) is 2. The van der Waals surface area contributed by atoms with Crippen LogP contribution in [0.5, 0.6) is 0 Å². The van der Waals surface area contributed by atoms with Gasteiger partial charge in [0.05, 0.1) is 10.6 Å². The van der Waals surface area contributed by atoms with Crippen LogP contribution in [0.1, 0.15) is 11.1 Å². The van der Waals surface area contributed by atoms with Gasteiger partial charge in [-0.05, 0) is 18.2 Å². The molecule has 1 aliphatic rings. The van der Waals surface area contributed by atoms with Crippen LogP contribution < -0.4 is 15.1 Å². The highest BCUT2D eigenvalue weighted by molar-refractivity contribution is 6.32. The summed E-state index contributed by atoms with van der Waals surface area (Å²) < 4.78 is 0. The predicted molar refractivity (Wildman–Crippen MR) is 101 cm³/mol. The zero-order valence-electron chi connectivity index (χ0n) is 14.6. The van der Waals surface area contributed by atoms with E-state index in [2.05, 4.69) is 29.6 Å². The minimum atomic E-state index is -0.0210. The summed E-state index contributed by atoms with van der Waals surface area (Å²) in [5.41, 5.74) is 2.40. The summed E-state index contributed by atoms with van der Waals surface area (Å²) in [6, 6.07) is 17.5. The van der Waals surface area contributed by atoms with Crippen LogP contribution in [-0.4, -0.2) is 38.6 Å². The maximum absolute atomic E-state index is 12.3. The van der Waals surface area contributed by atoms with E-state index in [1.807, 2.05) is 12.1 Å². The van der Waals surface area contributed by atoms with E-state index in [9.17, 15) is 4.79 Å². The van der Waals surface area contributed by atoms with Crippen LogP contribution in [0.4, 0.5) is 5.69 Å². The summed E-state index contributed by atoms with van der Waals surface area (Å²) in [6.07, 6.45) is 0. The van der Waals surface area contributed by atoms with E-state index >= 15 is 0 Å². The molecule has 3 N–H and O–H groups in total. The second-order valence-electron chi connectivity index (χ2n) is 6.69. The molecule has 0 unspecified atom stereocenters. The Morgan fingerprint density at radius 1 is 1.08 bits per heavy atom. The lowest BCUT2D eigenvalue weighted by molar-refractivity contribution is -1.02. The van der Waals surface area contributed by atoms with Crippen LogP contribution in [0.2, 0.25) is 5.02 Å². The number of nitrogens with zero attached hydrogens (tertiary/aromatic N) is 1. The molecule has 0 aromatic heterocycles. The number of quaternary nitrogens is 2. The number of amides is 1. The van der Waals surface area contributed by atoms with E-state index in [4.69, 9.17) is 16.9 Å². The third kappa shape index (κ3) is 5.06. The summed E-state index contributed by atoms with van der Waals surface area (Å²) in [7, 11) is 0. The number of rotatable bonds is 5. The molecule has 2 aromatic rings. The molecule has 1 fully saturated rings. The molecule has 1 amide bonds. The molecule has 0 atom stereocenters. The monoisotopic (exact) mass is 370 g/mol. The van der Waals surface area contributed by atoms with E-state index in [1.54, 1.807) is 23.1 Å². The Kier molecular flexibility index (Phi) is 6.24. The number of carbonyl (C=O) groups is 1. The van der Waals surface area contributed by atoms with E-state index in [-0.39, 0.29) is 5.91 Å². The molecule has 26 heavy (non-hydrogen) atoms. The summed E-state index contributed by atoms with van der Waals surface area (Å²) in [5.74, 6) is -0.0210. The molecule has 0 bridgehead atoms. The number of hydrogen-bond donors (Lipinski definition) is 3.